The van der Waals surface area contributed by atoms with Gasteiger partial charge < -0.3 is 9.63 Å². The summed E-state index contributed by atoms with van der Waals surface area (Å²) < 4.78 is 20.5. The van der Waals surface area contributed by atoms with Crippen LogP contribution in [-0.2, 0) is 18.2 Å². The molecular weight excluding hydrogens is 243 g/mol. The molecule has 0 bridgehead atoms. The summed E-state index contributed by atoms with van der Waals surface area (Å²) in [5.74, 6) is -0.749. The minimum atomic E-state index is -4.21. The first kappa shape index (κ1) is 14.9. The zero-order valence-corrected chi connectivity index (χ0v) is 10.7. The molecule has 0 fully saturated rings. The van der Waals surface area contributed by atoms with Gasteiger partial charge in [-0.05, 0) is 19.8 Å². The zero-order valence-electron chi connectivity index (χ0n) is 9.03. The lowest BCUT2D eigenvalue weighted by Crippen LogP contribution is -2.39. The van der Waals surface area contributed by atoms with Gasteiger partial charge in [0.25, 0.3) is 0 Å². The van der Waals surface area contributed by atoms with E-state index >= 15 is 0 Å². The van der Waals surface area contributed by atoms with Crippen LogP contribution in [0.3, 0.4) is 0 Å². The summed E-state index contributed by atoms with van der Waals surface area (Å²) >= 11 is 4.96. The number of hydrogen-bond donors (Lipinski definition) is 1. The fourth-order valence-corrected chi connectivity index (χ4v) is 3.01. The molecule has 0 saturated heterocycles. The maximum absolute atomic E-state index is 11.7. The van der Waals surface area contributed by atoms with Crippen molar-refractivity contribution in [2.45, 2.75) is 38.8 Å². The quantitative estimate of drug-likeness (QED) is 0.585. The number of hydrogen-bond acceptors (Lipinski definition) is 4. The maximum Gasteiger partial charge on any atom is 0.361 e. The van der Waals surface area contributed by atoms with Crippen molar-refractivity contribution >= 4 is 25.4 Å². The Kier molecular flexibility index (Phi) is 5.81. The molecule has 0 aliphatic heterocycles. The van der Waals surface area contributed by atoms with Crippen LogP contribution in [0.5, 0.6) is 0 Å². The lowest BCUT2D eigenvalue weighted by Gasteiger charge is -2.30. The maximum atomic E-state index is 11.7. The molecule has 0 amide bonds. The third-order valence-electron chi connectivity index (χ3n) is 2.46. The van der Waals surface area contributed by atoms with Crippen LogP contribution in [0.25, 0.3) is 0 Å². The van der Waals surface area contributed by atoms with Gasteiger partial charge in [0.15, 0.2) is 5.16 Å². The van der Waals surface area contributed by atoms with E-state index in [1.54, 1.807) is 20.8 Å². The molecule has 90 valence electrons. The molecular formula is C8H16ClO5P. The van der Waals surface area contributed by atoms with Crippen LogP contribution in [0.1, 0.15) is 33.6 Å². The van der Waals surface area contributed by atoms with Crippen LogP contribution < -0.4 is 0 Å². The fraction of sp³-hybridized carbons (Fsp3) is 0.875. The standard InChI is InChI=1S/C8H16ClO5P/c1-4-8(5-2,7(10)13-6-3)15(11,12)14-9/h4-6H2,1-3H3,(H,11,12). The Bertz CT molecular complexity index is 264. The van der Waals surface area contributed by atoms with E-state index in [2.05, 4.69) is 4.08 Å². The molecule has 1 N–H and O–H groups in total. The number of rotatable bonds is 6. The molecule has 1 atom stereocenters. The highest BCUT2D eigenvalue weighted by Crippen LogP contribution is 2.60. The normalized spacial score (nSPS) is 15.8. The number of esters is 1. The van der Waals surface area contributed by atoms with E-state index in [1.807, 2.05) is 0 Å². The van der Waals surface area contributed by atoms with Gasteiger partial charge in [0.05, 0.1) is 18.5 Å². The van der Waals surface area contributed by atoms with Crippen molar-refractivity contribution in [3.8, 4) is 0 Å². The zero-order chi connectivity index (χ0) is 12.1. The van der Waals surface area contributed by atoms with Gasteiger partial charge in [0.2, 0.25) is 0 Å². The smallest absolute Gasteiger partial charge is 0.361 e. The summed E-state index contributed by atoms with van der Waals surface area (Å²) in [5, 5.41) is -1.56. The lowest BCUT2D eigenvalue weighted by atomic mass is 10.0. The van der Waals surface area contributed by atoms with E-state index < -0.39 is 18.7 Å². The first-order valence-electron chi connectivity index (χ1n) is 4.72. The van der Waals surface area contributed by atoms with Crippen LogP contribution in [0, 0.1) is 0 Å². The van der Waals surface area contributed by atoms with Crippen LogP contribution in [0.4, 0.5) is 0 Å². The van der Waals surface area contributed by atoms with E-state index in [9.17, 15) is 14.3 Å². The van der Waals surface area contributed by atoms with Gasteiger partial charge in [-0.3, -0.25) is 9.36 Å². The second-order valence-corrected chi connectivity index (χ2v) is 5.50. The molecule has 0 rings (SSSR count). The first-order valence-corrected chi connectivity index (χ1v) is 6.60. The SMILES string of the molecule is CCOC(=O)C(CC)(CC)P(=O)(O)OCl. The third kappa shape index (κ3) is 2.72. The highest BCUT2D eigenvalue weighted by atomic mass is 35.5. The highest BCUT2D eigenvalue weighted by molar-refractivity contribution is 7.56. The van der Waals surface area contributed by atoms with Crippen molar-refractivity contribution in [2.75, 3.05) is 6.61 Å². The summed E-state index contributed by atoms with van der Waals surface area (Å²) in [6.07, 6.45) is 0.256. The predicted molar refractivity (Wildman–Crippen MR) is 56.7 cm³/mol. The van der Waals surface area contributed by atoms with E-state index in [0.29, 0.717) is 0 Å². The van der Waals surface area contributed by atoms with Crippen molar-refractivity contribution in [2.24, 2.45) is 0 Å². The number of ether oxygens (including phenoxy) is 1. The number of carbonyl (C=O) groups is 1. The Balaban J connectivity index is 5.22. The second-order valence-electron chi connectivity index (χ2n) is 3.05. The Morgan fingerprint density at radius 3 is 2.13 bits per heavy atom. The molecule has 0 aromatic carbocycles. The van der Waals surface area contributed by atoms with Gasteiger partial charge in [-0.25, -0.2) is 0 Å². The van der Waals surface area contributed by atoms with Gasteiger partial charge in [0, 0.05) is 0 Å². The Morgan fingerprint density at radius 2 is 1.87 bits per heavy atom. The monoisotopic (exact) mass is 258 g/mol. The van der Waals surface area contributed by atoms with Gasteiger partial charge in [-0.1, -0.05) is 13.8 Å². The van der Waals surface area contributed by atoms with Crippen LogP contribution in [0.15, 0.2) is 0 Å². The molecule has 0 aromatic rings. The summed E-state index contributed by atoms with van der Waals surface area (Å²) in [6.45, 7) is 4.99. The van der Waals surface area contributed by atoms with Crippen molar-refractivity contribution in [3.63, 3.8) is 0 Å². The molecule has 0 aromatic heterocycles. The summed E-state index contributed by atoms with van der Waals surface area (Å²) in [4.78, 5) is 21.2. The fourth-order valence-electron chi connectivity index (χ4n) is 1.39. The molecule has 7 heteroatoms. The molecule has 0 heterocycles. The average molecular weight is 259 g/mol. The largest absolute Gasteiger partial charge is 0.465 e. The average Bonchev–Trinajstić information content (AvgIpc) is 2.20. The molecule has 0 saturated carbocycles. The van der Waals surface area contributed by atoms with Gasteiger partial charge in [-0.15, -0.1) is 0 Å². The minimum absolute atomic E-state index is 0.128. The van der Waals surface area contributed by atoms with E-state index in [0.717, 1.165) is 0 Å². The van der Waals surface area contributed by atoms with E-state index in [1.165, 1.54) is 0 Å². The van der Waals surface area contributed by atoms with Gasteiger partial charge in [-0.2, -0.15) is 4.08 Å². The Labute approximate surface area is 94.4 Å². The number of carbonyl (C=O) groups excluding carboxylic acids is 1. The molecule has 0 radical (unpaired) electrons. The van der Waals surface area contributed by atoms with Crippen LogP contribution in [-0.4, -0.2) is 22.6 Å². The first-order chi connectivity index (χ1) is 6.91. The molecule has 15 heavy (non-hydrogen) atoms. The Hall–Kier alpha value is -0.0900. The highest BCUT2D eigenvalue weighted by Gasteiger charge is 2.54. The topological polar surface area (TPSA) is 72.8 Å². The third-order valence-corrected chi connectivity index (χ3v) is 5.10. The number of halogens is 1. The minimum Gasteiger partial charge on any atom is -0.465 e. The molecule has 0 aliphatic rings. The van der Waals surface area contributed by atoms with Crippen LogP contribution >= 0.6 is 19.5 Å². The predicted octanol–water partition coefficient (Wildman–Crippen LogP) is 2.46. The molecule has 1 unspecified atom stereocenters. The Morgan fingerprint density at radius 1 is 1.40 bits per heavy atom. The van der Waals surface area contributed by atoms with Crippen molar-refractivity contribution < 1.29 is 23.1 Å². The summed E-state index contributed by atoms with van der Waals surface area (Å²) in [7, 11) is -4.21. The second kappa shape index (κ2) is 5.85. The lowest BCUT2D eigenvalue weighted by molar-refractivity contribution is -0.147. The van der Waals surface area contributed by atoms with E-state index in [4.69, 9.17) is 16.6 Å². The summed E-state index contributed by atoms with van der Waals surface area (Å²) in [6, 6.07) is 0. The molecule has 0 aliphatic carbocycles. The molecule has 5 nitrogen and oxygen atoms in total. The van der Waals surface area contributed by atoms with Gasteiger partial charge in [0.1, 0.15) is 0 Å². The van der Waals surface area contributed by atoms with Crippen molar-refractivity contribution in [1.29, 1.82) is 0 Å². The van der Waals surface area contributed by atoms with Crippen molar-refractivity contribution in [1.82, 2.24) is 0 Å². The van der Waals surface area contributed by atoms with E-state index in [-0.39, 0.29) is 19.4 Å². The van der Waals surface area contributed by atoms with Crippen LogP contribution in [0.2, 0.25) is 0 Å². The molecule has 0 spiro atoms. The summed E-state index contributed by atoms with van der Waals surface area (Å²) in [5.41, 5.74) is 0. The van der Waals surface area contributed by atoms with Crippen molar-refractivity contribution in [3.05, 3.63) is 0 Å². The van der Waals surface area contributed by atoms with Gasteiger partial charge >= 0.3 is 13.6 Å².